The number of rotatable bonds is 8. The van der Waals surface area contributed by atoms with Crippen molar-refractivity contribution >= 4 is 50.3 Å². The Labute approximate surface area is 597 Å². The highest BCUT2D eigenvalue weighted by atomic mass is 31.2. The monoisotopic (exact) mass is 1370 g/mol. The average Bonchev–Trinajstić information content (AvgIpc) is 0.697. The van der Waals surface area contributed by atoms with Crippen LogP contribution >= 0.6 is 30.2 Å². The summed E-state index contributed by atoms with van der Waals surface area (Å²) < 4.78 is 0. The molecule has 96 heavy (non-hydrogen) atoms. The third-order valence-electron chi connectivity index (χ3n) is 20.3. The molecule has 0 nitrogen and oxygen atoms in total. The molecule has 2 heterocycles. The minimum Gasteiger partial charge on any atom is -0.103 e. The molecule has 2 aliphatic heterocycles. The quantitative estimate of drug-likeness (QED) is 0.136. The second kappa shape index (κ2) is 25.5. The molecule has 0 bridgehead atoms. The van der Waals surface area contributed by atoms with Gasteiger partial charge in [0.15, 0.2) is 0 Å². The molecule has 0 spiro atoms. The zero-order chi connectivity index (χ0) is 73.9. The van der Waals surface area contributed by atoms with Crippen LogP contribution in [0.2, 0.25) is 0 Å². The summed E-state index contributed by atoms with van der Waals surface area (Å²) in [7, 11) is -3.17. The van der Waals surface area contributed by atoms with Crippen molar-refractivity contribution in [1.82, 2.24) is 0 Å². The van der Waals surface area contributed by atoms with E-state index in [2.05, 4.69) is 364 Å². The van der Waals surface area contributed by atoms with Crippen molar-refractivity contribution in [3.8, 4) is 0 Å². The van der Waals surface area contributed by atoms with Crippen LogP contribution in [0.5, 0.6) is 0 Å². The lowest BCUT2D eigenvalue weighted by Gasteiger charge is -2.48. The van der Waals surface area contributed by atoms with E-state index >= 15 is 0 Å². The number of benzene rings is 5. The van der Waals surface area contributed by atoms with Crippen LogP contribution < -0.4 is 0 Å². The Balaban J connectivity index is 1.71. The summed E-state index contributed by atoms with van der Waals surface area (Å²) in [5, 5.41) is 7.19. The second-order valence-corrected chi connectivity index (χ2v) is 55.4. The molecule has 0 amide bonds. The molecule has 0 fully saturated rings. The molecular weight excluding hydrogens is 1230 g/mol. The molecule has 2 aliphatic rings. The van der Waals surface area contributed by atoms with E-state index in [1.807, 2.05) is 0 Å². The summed E-state index contributed by atoms with van der Waals surface area (Å²) in [4.78, 5) is 0. The molecule has 0 atom stereocenters. The van der Waals surface area contributed by atoms with E-state index in [-0.39, 0.29) is 75.3 Å². The first kappa shape index (κ1) is 80.4. The lowest BCUT2D eigenvalue weighted by Crippen LogP contribution is -2.35. The van der Waals surface area contributed by atoms with Crippen molar-refractivity contribution < 1.29 is 0 Å². The highest BCUT2D eigenvalue weighted by Gasteiger charge is 2.49. The van der Waals surface area contributed by atoms with Gasteiger partial charge in [0.2, 0.25) is 0 Å². The van der Waals surface area contributed by atoms with E-state index in [0.717, 1.165) is 12.3 Å². The smallest absolute Gasteiger partial charge is 0.0123 e. The minimum absolute atomic E-state index is 0.00713. The average molecular weight is 1370 g/mol. The van der Waals surface area contributed by atoms with Crippen LogP contribution in [-0.4, -0.2) is 30.5 Å². The summed E-state index contributed by atoms with van der Waals surface area (Å²) in [6.45, 7) is 105. The maximum Gasteiger partial charge on any atom is 0.0123 e. The molecule has 0 aliphatic carbocycles. The fourth-order valence-corrected chi connectivity index (χ4v) is 32.8. The van der Waals surface area contributed by atoms with Gasteiger partial charge in [-0.3, -0.25) is 0 Å². The maximum absolute atomic E-state index is 2.67. The maximum atomic E-state index is 2.67. The Morgan fingerprint density at radius 3 is 0.438 bits per heavy atom. The van der Waals surface area contributed by atoms with Gasteiger partial charge in [-0.15, -0.1) is 14.3 Å². The molecule has 0 radical (unpaired) electrons. The lowest BCUT2D eigenvalue weighted by molar-refractivity contribution is 0.546. The van der Waals surface area contributed by atoms with Crippen molar-refractivity contribution in [2.75, 3.05) is 0 Å². The van der Waals surface area contributed by atoms with E-state index < -0.39 is 30.2 Å². The van der Waals surface area contributed by atoms with Crippen LogP contribution in [0.15, 0.2) is 72.8 Å². The van der Waals surface area contributed by atoms with E-state index in [4.69, 9.17) is 0 Å². The Morgan fingerprint density at radius 2 is 0.333 bits per heavy atom. The fourth-order valence-electron chi connectivity index (χ4n) is 14.5. The summed E-state index contributed by atoms with van der Waals surface area (Å²) >= 11 is 0. The topological polar surface area (TPSA) is 0 Å². The van der Waals surface area contributed by atoms with E-state index in [1.54, 1.807) is 42.4 Å². The molecule has 0 N–H and O–H groups in total. The highest BCUT2D eigenvalue weighted by molar-refractivity contribution is 8.16. The van der Waals surface area contributed by atoms with Crippen LogP contribution in [0, 0.1) is 0 Å². The Kier molecular flexibility index (Phi) is 21.3. The van der Waals surface area contributed by atoms with Crippen molar-refractivity contribution in [1.29, 1.82) is 0 Å². The highest BCUT2D eigenvalue weighted by Crippen LogP contribution is 2.72. The van der Waals surface area contributed by atoms with E-state index in [1.165, 1.54) is 77.9 Å². The molecule has 0 aromatic heterocycles. The number of hydrogen-bond acceptors (Lipinski definition) is 0. The van der Waals surface area contributed by atoms with Gasteiger partial charge >= 0.3 is 0 Å². The van der Waals surface area contributed by atoms with Gasteiger partial charge in [0.25, 0.3) is 0 Å². The third kappa shape index (κ3) is 16.6. The van der Waals surface area contributed by atoms with Crippen LogP contribution in [0.1, 0.15) is 391 Å². The molecule has 530 valence electrons. The van der Waals surface area contributed by atoms with Gasteiger partial charge < -0.3 is 0 Å². The van der Waals surface area contributed by atoms with Crippen molar-refractivity contribution in [2.24, 2.45) is 0 Å². The predicted octanol–water partition coefficient (Wildman–Crippen LogP) is 28.5. The first-order valence-electron chi connectivity index (χ1n) is 37.0. The SMILES string of the molecule is CC(C)(C)c1cc(C(C)(C)C)c(C2=P(Cc3ccc(CP4=C(c5c(C(C)(C)C)cc(C(C)(C)C)cc5C(C)(C)C)P(C(C)(C)C)C=4c4c(C(C)(C)C)cc(C(C)(C)C)cc4C(C)(C)C)cc3)=C(c3c(C(C)(C)C)cc(C(C)(C)C)cc3C(C)(C)C)P2C(C)(C)C)c(C(C)(C)C)c1. The second-order valence-electron chi connectivity index (χ2n) is 44.1. The molecule has 0 saturated heterocycles. The lowest BCUT2D eigenvalue weighted by atomic mass is 9.72. The summed E-state index contributed by atoms with van der Waals surface area (Å²) in [6.07, 6.45) is 2.06. The summed E-state index contributed by atoms with van der Waals surface area (Å²) in [6, 6.07) is 31.8. The Hall–Kier alpha value is -2.96. The molecule has 7 rings (SSSR count). The molecule has 5 aromatic carbocycles. The van der Waals surface area contributed by atoms with Crippen LogP contribution in [0.4, 0.5) is 0 Å². The molecule has 5 aromatic rings. The predicted molar refractivity (Wildman–Crippen MR) is 448 cm³/mol. The molecule has 4 heteroatoms. The minimum atomic E-state index is -0.820. The van der Waals surface area contributed by atoms with Crippen LogP contribution in [0.25, 0.3) is 0 Å². The first-order chi connectivity index (χ1) is 42.5. The van der Waals surface area contributed by atoms with E-state index in [9.17, 15) is 0 Å². The van der Waals surface area contributed by atoms with E-state index in [0.29, 0.717) is 0 Å². The van der Waals surface area contributed by atoms with Gasteiger partial charge in [0.1, 0.15) is 0 Å². The van der Waals surface area contributed by atoms with Gasteiger partial charge in [0, 0.05) is 32.5 Å². The fraction of sp³-hybridized carbons (Fsp3) is 0.630. The molecule has 0 saturated carbocycles. The molecular formula is C92H142P4. The normalized spacial score (nSPS) is 18.2. The van der Waals surface area contributed by atoms with Gasteiger partial charge in [-0.25, -0.2) is 0 Å². The van der Waals surface area contributed by atoms with Gasteiger partial charge in [-0.1, -0.05) is 364 Å². The van der Waals surface area contributed by atoms with Gasteiger partial charge in [-0.2, -0.15) is 0 Å². The van der Waals surface area contributed by atoms with Gasteiger partial charge in [-0.05, 0) is 191 Å². The van der Waals surface area contributed by atoms with Gasteiger partial charge in [0.05, 0.1) is 0 Å². The Morgan fingerprint density at radius 1 is 0.198 bits per heavy atom. The first-order valence-corrected chi connectivity index (χ1v) is 42.8. The summed E-state index contributed by atoms with van der Waals surface area (Å²) in [5.74, 6) is 0. The van der Waals surface area contributed by atoms with Crippen LogP contribution in [0.3, 0.4) is 0 Å². The number of hydrogen-bond donors (Lipinski definition) is 0. The molecule has 0 unspecified atom stereocenters. The standard InChI is InChI=1S/C92H142P4/c1-79(2,3)59-47-63(83(13,14)15)71(64(48-59)84(16,17)18)75-93(76(95(75)91(37,38)39)72-65(85(19,20)21)49-60(80(4,5)6)50-66(72)86(22,23)24)55-57-43-45-58(46-44-57)56-94-77(73-67(87(25,26)27)51-61(81(7,8)9)52-68(73)88(28,29)30)96(92(40,41)42)78(94)74-69(89(31,32)33)53-62(82(10,11)12)54-70(74)90(34,35)36/h43-54H,55-56H2,1-42H3. The van der Waals surface area contributed by atoms with Crippen LogP contribution in [-0.2, 0) is 77.3 Å². The zero-order valence-electron chi connectivity index (χ0n) is 70.1. The zero-order valence-corrected chi connectivity index (χ0v) is 73.7. The van der Waals surface area contributed by atoms with Crippen molar-refractivity contribution in [2.45, 2.75) is 378 Å². The third-order valence-corrected chi connectivity index (χ3v) is 35.2. The Bertz CT molecular complexity index is 3380. The van der Waals surface area contributed by atoms with Crippen molar-refractivity contribution in [3.63, 3.8) is 0 Å². The summed E-state index contributed by atoms with van der Waals surface area (Å²) in [5.41, 5.74) is 26.9. The van der Waals surface area contributed by atoms with Crippen molar-refractivity contribution in [3.05, 3.63) is 173 Å². The largest absolute Gasteiger partial charge is 0.103 e.